The first kappa shape index (κ1) is 16.4. The second kappa shape index (κ2) is 7.37. The van der Waals surface area contributed by atoms with Gasteiger partial charge in [0.25, 0.3) is 5.91 Å². The average Bonchev–Trinajstić information content (AvgIpc) is 2.44. The first-order valence-electron chi connectivity index (χ1n) is 5.75. The minimum absolute atomic E-state index is 0.123. The number of hydrazone groups is 1. The van der Waals surface area contributed by atoms with Crippen LogP contribution in [0.3, 0.4) is 0 Å². The normalized spacial score (nSPS) is 10.8. The number of hydrogen-bond donors (Lipinski definition) is 2. The Bertz CT molecular complexity index is 720. The Morgan fingerprint density at radius 2 is 2.00 bits per heavy atom. The molecule has 0 saturated carbocycles. The van der Waals surface area contributed by atoms with Gasteiger partial charge in [-0.3, -0.25) is 4.79 Å². The molecule has 0 aliphatic rings. The largest absolute Gasteiger partial charge is 0.506 e. The number of amides is 1. The van der Waals surface area contributed by atoms with Crippen molar-refractivity contribution in [1.29, 1.82) is 0 Å². The van der Waals surface area contributed by atoms with Gasteiger partial charge in [-0.25, -0.2) is 5.43 Å². The van der Waals surface area contributed by atoms with Gasteiger partial charge in [-0.1, -0.05) is 28.1 Å². The van der Waals surface area contributed by atoms with Gasteiger partial charge in [0, 0.05) is 14.5 Å². The monoisotopic (exact) mass is 522 g/mol. The van der Waals surface area contributed by atoms with Crippen molar-refractivity contribution < 1.29 is 9.90 Å². The molecular formula is C14H9Br2IN2O2. The molecule has 7 heteroatoms. The number of hydrogen-bond acceptors (Lipinski definition) is 3. The molecule has 2 rings (SSSR count). The number of carbonyl (C=O) groups is 1. The van der Waals surface area contributed by atoms with Gasteiger partial charge in [0.2, 0.25) is 0 Å². The first-order valence-corrected chi connectivity index (χ1v) is 8.41. The highest BCUT2D eigenvalue weighted by Gasteiger charge is 2.08. The molecule has 0 unspecified atom stereocenters. The maximum absolute atomic E-state index is 11.9. The zero-order valence-corrected chi connectivity index (χ0v) is 15.8. The van der Waals surface area contributed by atoms with Gasteiger partial charge < -0.3 is 5.11 Å². The first-order chi connectivity index (χ1) is 9.99. The van der Waals surface area contributed by atoms with Crippen LogP contribution in [0.5, 0.6) is 5.75 Å². The molecule has 0 heterocycles. The Balaban J connectivity index is 2.13. The summed E-state index contributed by atoms with van der Waals surface area (Å²) in [6.45, 7) is 0. The van der Waals surface area contributed by atoms with Gasteiger partial charge in [-0.15, -0.1) is 0 Å². The van der Waals surface area contributed by atoms with Gasteiger partial charge in [0.15, 0.2) is 0 Å². The standard InChI is InChI=1S/C14H9Br2IN2O2/c15-9-5-8(13(20)12(17)6-9)7-18-19-14(21)10-3-1-2-4-11(10)16/h1-7,20H,(H,19,21)/b18-7+. The number of nitrogens with zero attached hydrogens (tertiary/aromatic N) is 1. The lowest BCUT2D eigenvalue weighted by atomic mass is 10.2. The second-order valence-electron chi connectivity index (χ2n) is 4.00. The van der Waals surface area contributed by atoms with Gasteiger partial charge in [0.05, 0.1) is 15.3 Å². The minimum Gasteiger partial charge on any atom is -0.506 e. The molecule has 108 valence electrons. The highest BCUT2D eigenvalue weighted by Crippen LogP contribution is 2.27. The highest BCUT2D eigenvalue weighted by molar-refractivity contribution is 14.1. The van der Waals surface area contributed by atoms with Crippen LogP contribution in [0.15, 0.2) is 50.4 Å². The van der Waals surface area contributed by atoms with Crippen LogP contribution < -0.4 is 5.43 Å². The Labute approximate surface area is 152 Å². The minimum atomic E-state index is -0.331. The van der Waals surface area contributed by atoms with Crippen LogP contribution in [0.2, 0.25) is 0 Å². The predicted molar refractivity (Wildman–Crippen MR) is 97.7 cm³/mol. The van der Waals surface area contributed by atoms with Crippen molar-refractivity contribution in [1.82, 2.24) is 5.43 Å². The fourth-order valence-corrected chi connectivity index (χ4v) is 3.57. The molecule has 0 bridgehead atoms. The van der Waals surface area contributed by atoms with E-state index < -0.39 is 0 Å². The summed E-state index contributed by atoms with van der Waals surface area (Å²) >= 11 is 8.67. The van der Waals surface area contributed by atoms with Gasteiger partial charge >= 0.3 is 0 Å². The third-order valence-corrected chi connectivity index (χ3v) is 4.52. The number of carbonyl (C=O) groups excluding carboxylic acids is 1. The number of rotatable bonds is 3. The van der Waals surface area contributed by atoms with Crippen molar-refractivity contribution >= 4 is 66.6 Å². The molecule has 0 radical (unpaired) electrons. The van der Waals surface area contributed by atoms with Gasteiger partial charge in [-0.2, -0.15) is 5.10 Å². The number of aromatic hydroxyl groups is 1. The fraction of sp³-hybridized carbons (Fsp3) is 0. The quantitative estimate of drug-likeness (QED) is 0.358. The molecule has 4 nitrogen and oxygen atoms in total. The molecule has 1 amide bonds. The topological polar surface area (TPSA) is 61.7 Å². The summed E-state index contributed by atoms with van der Waals surface area (Å²) in [4.78, 5) is 11.9. The summed E-state index contributed by atoms with van der Waals surface area (Å²) in [6.07, 6.45) is 1.40. The van der Waals surface area contributed by atoms with Crippen LogP contribution in [0.4, 0.5) is 0 Å². The van der Waals surface area contributed by atoms with Crippen molar-refractivity contribution in [3.8, 4) is 5.75 Å². The van der Waals surface area contributed by atoms with Crippen molar-refractivity contribution in [3.05, 3.63) is 60.0 Å². The van der Waals surface area contributed by atoms with Crippen LogP contribution in [-0.2, 0) is 0 Å². The van der Waals surface area contributed by atoms with Crippen LogP contribution in [0, 0.1) is 3.57 Å². The molecule has 2 aromatic carbocycles. The molecule has 21 heavy (non-hydrogen) atoms. The Kier molecular flexibility index (Phi) is 5.77. The summed E-state index contributed by atoms with van der Waals surface area (Å²) in [5.74, 6) is -0.208. The van der Waals surface area contributed by atoms with E-state index in [4.69, 9.17) is 0 Å². The SMILES string of the molecule is O=C(N/N=C/c1cc(Br)cc(I)c1O)c1ccccc1Br. The van der Waals surface area contributed by atoms with E-state index in [1.54, 1.807) is 30.3 Å². The summed E-state index contributed by atoms with van der Waals surface area (Å²) < 4.78 is 2.21. The zero-order valence-electron chi connectivity index (χ0n) is 10.5. The Hall–Kier alpha value is -0.930. The lowest BCUT2D eigenvalue weighted by Crippen LogP contribution is -2.18. The number of nitrogens with one attached hydrogen (secondary N) is 1. The van der Waals surface area contributed by atoms with Crippen molar-refractivity contribution in [2.24, 2.45) is 5.10 Å². The van der Waals surface area contributed by atoms with E-state index in [0.29, 0.717) is 19.2 Å². The molecule has 2 aromatic rings. The van der Waals surface area contributed by atoms with Crippen molar-refractivity contribution in [2.45, 2.75) is 0 Å². The van der Waals surface area contributed by atoms with E-state index in [1.165, 1.54) is 6.21 Å². The average molecular weight is 524 g/mol. The van der Waals surface area contributed by atoms with Crippen LogP contribution >= 0.6 is 54.5 Å². The number of benzene rings is 2. The number of phenols is 1. The molecule has 0 fully saturated rings. The smallest absolute Gasteiger partial charge is 0.272 e. The highest BCUT2D eigenvalue weighted by atomic mass is 127. The lowest BCUT2D eigenvalue weighted by molar-refractivity contribution is 0.0954. The Morgan fingerprint density at radius 3 is 2.71 bits per heavy atom. The second-order valence-corrected chi connectivity index (χ2v) is 6.94. The van der Waals surface area contributed by atoms with Gasteiger partial charge in [-0.05, 0) is 62.8 Å². The molecular weight excluding hydrogens is 515 g/mol. The molecule has 0 saturated heterocycles. The maximum Gasteiger partial charge on any atom is 0.272 e. The van der Waals surface area contributed by atoms with Gasteiger partial charge in [0.1, 0.15) is 5.75 Å². The molecule has 0 spiro atoms. The molecule has 0 aromatic heterocycles. The third-order valence-electron chi connectivity index (χ3n) is 2.55. The van der Waals surface area contributed by atoms with Crippen LogP contribution in [-0.4, -0.2) is 17.2 Å². The lowest BCUT2D eigenvalue weighted by Gasteiger charge is -2.04. The molecule has 2 N–H and O–H groups in total. The molecule has 0 aliphatic carbocycles. The zero-order chi connectivity index (χ0) is 15.4. The predicted octanol–water partition coefficient (Wildman–Crippen LogP) is 4.29. The van der Waals surface area contributed by atoms with Crippen LogP contribution in [0.25, 0.3) is 0 Å². The Morgan fingerprint density at radius 1 is 1.29 bits per heavy atom. The fourth-order valence-electron chi connectivity index (χ4n) is 1.55. The van der Waals surface area contributed by atoms with E-state index in [2.05, 4.69) is 42.4 Å². The molecule has 0 atom stereocenters. The summed E-state index contributed by atoms with van der Waals surface area (Å²) in [6, 6.07) is 10.6. The van der Waals surface area contributed by atoms with E-state index in [-0.39, 0.29) is 11.7 Å². The number of phenolic OH excluding ortho intramolecular Hbond substituents is 1. The summed E-state index contributed by atoms with van der Waals surface area (Å²) in [5, 5.41) is 13.8. The van der Waals surface area contributed by atoms with E-state index in [0.717, 1.165) is 4.47 Å². The van der Waals surface area contributed by atoms with Crippen molar-refractivity contribution in [2.75, 3.05) is 0 Å². The van der Waals surface area contributed by atoms with Crippen molar-refractivity contribution in [3.63, 3.8) is 0 Å². The van der Waals surface area contributed by atoms with E-state index >= 15 is 0 Å². The summed E-state index contributed by atoms with van der Waals surface area (Å²) in [5.41, 5.74) is 3.43. The maximum atomic E-state index is 11.9. The summed E-state index contributed by atoms with van der Waals surface area (Å²) in [7, 11) is 0. The molecule has 0 aliphatic heterocycles. The third kappa shape index (κ3) is 4.27. The van der Waals surface area contributed by atoms with E-state index in [9.17, 15) is 9.90 Å². The number of halogens is 3. The van der Waals surface area contributed by atoms with E-state index in [1.807, 2.05) is 28.7 Å². The van der Waals surface area contributed by atoms with Crippen LogP contribution in [0.1, 0.15) is 15.9 Å².